The number of halogens is 3. The summed E-state index contributed by atoms with van der Waals surface area (Å²) in [6.07, 6.45) is -2.84. The highest BCUT2D eigenvalue weighted by molar-refractivity contribution is 7.17. The number of carbonyl (C=O) groups excluding carboxylic acids is 1. The molecule has 28 heavy (non-hydrogen) atoms. The summed E-state index contributed by atoms with van der Waals surface area (Å²) >= 11 is 1.11. The molecule has 2 aromatic heterocycles. The Labute approximate surface area is 164 Å². The highest BCUT2D eigenvalue weighted by Crippen LogP contribution is 2.38. The molecule has 1 atom stereocenters. The SMILES string of the molecule is C=C(OCC)[C@H]1CCCN(C(=O)c2ccc(-c3noc(C(F)(F)F)c3C)s2)C1. The molecule has 0 N–H and O–H groups in total. The van der Waals surface area contributed by atoms with Gasteiger partial charge in [0.05, 0.1) is 22.1 Å². The Morgan fingerprint density at radius 1 is 1.46 bits per heavy atom. The lowest BCUT2D eigenvalue weighted by atomic mass is 9.96. The van der Waals surface area contributed by atoms with Crippen molar-refractivity contribution >= 4 is 17.2 Å². The fraction of sp³-hybridized carbons (Fsp3) is 0.474. The first-order chi connectivity index (χ1) is 13.2. The van der Waals surface area contributed by atoms with E-state index in [1.165, 1.54) is 6.92 Å². The van der Waals surface area contributed by atoms with Crippen LogP contribution in [0.25, 0.3) is 10.6 Å². The summed E-state index contributed by atoms with van der Waals surface area (Å²) in [5.74, 6) is -0.492. The van der Waals surface area contributed by atoms with Gasteiger partial charge in [-0.1, -0.05) is 11.7 Å². The Kier molecular flexibility index (Phi) is 5.83. The maximum absolute atomic E-state index is 12.9. The predicted molar refractivity (Wildman–Crippen MR) is 98.9 cm³/mol. The lowest BCUT2D eigenvalue weighted by Crippen LogP contribution is -2.40. The molecule has 0 aliphatic carbocycles. The van der Waals surface area contributed by atoms with Gasteiger partial charge in [-0.25, -0.2) is 0 Å². The van der Waals surface area contributed by atoms with Gasteiger partial charge >= 0.3 is 6.18 Å². The molecule has 0 bridgehead atoms. The molecule has 3 heterocycles. The van der Waals surface area contributed by atoms with Crippen molar-refractivity contribution in [2.75, 3.05) is 19.7 Å². The first-order valence-electron chi connectivity index (χ1n) is 8.97. The molecule has 5 nitrogen and oxygen atoms in total. The fourth-order valence-corrected chi connectivity index (χ4v) is 4.31. The van der Waals surface area contributed by atoms with E-state index in [9.17, 15) is 18.0 Å². The van der Waals surface area contributed by atoms with Crippen LogP contribution in [0.1, 0.15) is 40.8 Å². The van der Waals surface area contributed by atoms with Crippen molar-refractivity contribution in [1.82, 2.24) is 10.1 Å². The van der Waals surface area contributed by atoms with Crippen molar-refractivity contribution in [2.24, 2.45) is 5.92 Å². The summed E-state index contributed by atoms with van der Waals surface area (Å²) in [5.41, 5.74) is 0.0250. The highest BCUT2D eigenvalue weighted by atomic mass is 32.1. The number of alkyl halides is 3. The van der Waals surface area contributed by atoms with Crippen molar-refractivity contribution in [3.8, 4) is 10.6 Å². The highest BCUT2D eigenvalue weighted by Gasteiger charge is 2.39. The standard InChI is InChI=1S/C19H21F3N2O3S/c1-4-26-12(3)13-6-5-9-24(10-13)18(25)15-8-7-14(28-15)16-11(2)17(27-23-16)19(20,21)22/h7-8,13H,3-6,9-10H2,1-2H3/t13-/m0/s1. The largest absolute Gasteiger partial charge is 0.498 e. The average molecular weight is 414 g/mol. The molecular formula is C19H21F3N2O3S. The Bertz CT molecular complexity index is 872. The topological polar surface area (TPSA) is 55.6 Å². The van der Waals surface area contributed by atoms with Gasteiger partial charge in [0.1, 0.15) is 5.69 Å². The van der Waals surface area contributed by atoms with Gasteiger partial charge in [0.15, 0.2) is 0 Å². The minimum atomic E-state index is -4.60. The van der Waals surface area contributed by atoms with E-state index in [4.69, 9.17) is 4.74 Å². The molecule has 1 amide bonds. The summed E-state index contributed by atoms with van der Waals surface area (Å²) in [5, 5.41) is 3.56. The van der Waals surface area contributed by atoms with Gasteiger partial charge in [-0.15, -0.1) is 11.3 Å². The number of likely N-dealkylation sites (tertiary alicyclic amines) is 1. The summed E-state index contributed by atoms with van der Waals surface area (Å²) in [6, 6.07) is 3.22. The fourth-order valence-electron chi connectivity index (χ4n) is 3.29. The monoisotopic (exact) mass is 414 g/mol. The van der Waals surface area contributed by atoms with Crippen LogP contribution >= 0.6 is 11.3 Å². The second kappa shape index (κ2) is 7.98. The quantitative estimate of drug-likeness (QED) is 0.637. The van der Waals surface area contributed by atoms with Crippen LogP contribution in [0.4, 0.5) is 13.2 Å². The van der Waals surface area contributed by atoms with Crippen molar-refractivity contribution in [3.05, 3.63) is 40.7 Å². The Morgan fingerprint density at radius 3 is 2.86 bits per heavy atom. The van der Waals surface area contributed by atoms with E-state index in [0.29, 0.717) is 35.2 Å². The zero-order valence-corrected chi connectivity index (χ0v) is 16.5. The normalized spacial score (nSPS) is 17.6. The number of aromatic nitrogens is 1. The van der Waals surface area contributed by atoms with E-state index >= 15 is 0 Å². The third-order valence-corrected chi connectivity index (χ3v) is 5.81. The molecule has 1 aliphatic rings. The van der Waals surface area contributed by atoms with Crippen molar-refractivity contribution in [1.29, 1.82) is 0 Å². The van der Waals surface area contributed by atoms with E-state index in [2.05, 4.69) is 16.3 Å². The van der Waals surface area contributed by atoms with E-state index < -0.39 is 11.9 Å². The summed E-state index contributed by atoms with van der Waals surface area (Å²) in [4.78, 5) is 15.5. The molecule has 1 saturated heterocycles. The van der Waals surface area contributed by atoms with Crippen LogP contribution in [0.3, 0.4) is 0 Å². The second-order valence-electron chi connectivity index (χ2n) is 6.64. The number of hydrogen-bond acceptors (Lipinski definition) is 5. The Hall–Kier alpha value is -2.29. The average Bonchev–Trinajstić information content (AvgIpc) is 3.27. The van der Waals surface area contributed by atoms with Crippen molar-refractivity contribution in [3.63, 3.8) is 0 Å². The number of ether oxygens (including phenoxy) is 1. The van der Waals surface area contributed by atoms with Crippen LogP contribution in [0, 0.1) is 12.8 Å². The van der Waals surface area contributed by atoms with Crippen LogP contribution in [0.15, 0.2) is 29.0 Å². The van der Waals surface area contributed by atoms with Crippen LogP contribution in [0.2, 0.25) is 0 Å². The molecule has 0 saturated carbocycles. The predicted octanol–water partition coefficient (Wildman–Crippen LogP) is 5.13. The van der Waals surface area contributed by atoms with Crippen molar-refractivity contribution in [2.45, 2.75) is 32.9 Å². The van der Waals surface area contributed by atoms with Crippen LogP contribution in [-0.4, -0.2) is 35.7 Å². The molecular weight excluding hydrogens is 393 g/mol. The second-order valence-corrected chi connectivity index (χ2v) is 7.72. The van der Waals surface area contributed by atoms with Crippen LogP contribution < -0.4 is 0 Å². The minimum absolute atomic E-state index is 0.0839. The zero-order valence-electron chi connectivity index (χ0n) is 15.6. The maximum atomic E-state index is 12.9. The molecule has 0 radical (unpaired) electrons. The van der Waals surface area contributed by atoms with E-state index in [1.54, 1.807) is 17.0 Å². The molecule has 1 aliphatic heterocycles. The molecule has 1 fully saturated rings. The Balaban J connectivity index is 1.76. The molecule has 0 spiro atoms. The van der Waals surface area contributed by atoms with Gasteiger partial charge in [0.2, 0.25) is 5.76 Å². The summed E-state index contributed by atoms with van der Waals surface area (Å²) in [7, 11) is 0. The first-order valence-corrected chi connectivity index (χ1v) is 9.78. The van der Waals surface area contributed by atoms with Gasteiger partial charge in [-0.2, -0.15) is 13.2 Å². The Morgan fingerprint density at radius 2 is 2.21 bits per heavy atom. The van der Waals surface area contributed by atoms with Crippen LogP contribution in [0.5, 0.6) is 0 Å². The smallest absolute Gasteiger partial charge is 0.452 e. The first kappa shape index (κ1) is 20.4. The lowest BCUT2D eigenvalue weighted by molar-refractivity contribution is -0.156. The molecule has 0 unspecified atom stereocenters. The van der Waals surface area contributed by atoms with Gasteiger partial charge < -0.3 is 14.2 Å². The van der Waals surface area contributed by atoms with E-state index in [0.717, 1.165) is 24.2 Å². The molecule has 3 rings (SSSR count). The molecule has 9 heteroatoms. The number of hydrogen-bond donors (Lipinski definition) is 0. The van der Waals surface area contributed by atoms with Gasteiger partial charge in [0.25, 0.3) is 5.91 Å². The zero-order chi connectivity index (χ0) is 20.5. The number of rotatable bonds is 5. The lowest BCUT2D eigenvalue weighted by Gasteiger charge is -2.33. The summed E-state index contributed by atoms with van der Waals surface area (Å²) < 4.78 is 48.7. The number of amides is 1. The van der Waals surface area contributed by atoms with Gasteiger partial charge in [-0.3, -0.25) is 4.79 Å². The number of thiophene rings is 1. The molecule has 0 aromatic carbocycles. The summed E-state index contributed by atoms with van der Waals surface area (Å²) in [6.45, 7) is 8.83. The number of carbonyl (C=O) groups is 1. The number of piperidine rings is 1. The van der Waals surface area contributed by atoms with E-state index in [-0.39, 0.29) is 23.1 Å². The van der Waals surface area contributed by atoms with Gasteiger partial charge in [-0.05, 0) is 38.8 Å². The number of nitrogens with zero attached hydrogens (tertiary/aromatic N) is 2. The van der Waals surface area contributed by atoms with Gasteiger partial charge in [0, 0.05) is 24.6 Å². The van der Waals surface area contributed by atoms with Crippen molar-refractivity contribution < 1.29 is 27.2 Å². The third-order valence-electron chi connectivity index (χ3n) is 4.73. The third kappa shape index (κ3) is 4.09. The minimum Gasteiger partial charge on any atom is -0.498 e. The molecule has 152 valence electrons. The maximum Gasteiger partial charge on any atom is 0.452 e. The van der Waals surface area contributed by atoms with Crippen LogP contribution in [-0.2, 0) is 10.9 Å². The molecule has 2 aromatic rings. The van der Waals surface area contributed by atoms with E-state index in [1.807, 2.05) is 6.92 Å².